The van der Waals surface area contributed by atoms with Crippen molar-refractivity contribution in [3.05, 3.63) is 32.8 Å². The van der Waals surface area contributed by atoms with Crippen LogP contribution in [0.4, 0.5) is 11.4 Å². The Hall–Kier alpha value is -1.29. The Balaban J connectivity index is 2.37. The number of nitro groups is 1. The predicted octanol–water partition coefficient (Wildman–Crippen LogP) is 3.55. The highest BCUT2D eigenvalue weighted by Gasteiger charge is 2.19. The van der Waals surface area contributed by atoms with Crippen molar-refractivity contribution in [1.29, 1.82) is 0 Å². The van der Waals surface area contributed by atoms with E-state index in [1.165, 1.54) is 12.5 Å². The second-order valence-corrected chi connectivity index (χ2v) is 4.81. The number of hydrogen-bond acceptors (Lipinski definition) is 3. The number of nitro benzene ring substituents is 1. The number of halogens is 1. The Morgan fingerprint density at radius 3 is 2.47 bits per heavy atom. The van der Waals surface area contributed by atoms with E-state index in [4.69, 9.17) is 11.6 Å². The Labute approximate surface area is 105 Å². The molecule has 1 aliphatic rings. The Morgan fingerprint density at radius 1 is 1.29 bits per heavy atom. The fourth-order valence-electron chi connectivity index (χ4n) is 2.34. The van der Waals surface area contributed by atoms with Gasteiger partial charge in [-0.1, -0.05) is 11.6 Å². The summed E-state index contributed by atoms with van der Waals surface area (Å²) in [6.07, 6.45) is 3.57. The number of non-ortho nitro benzene ring substituents is 1. The molecule has 17 heavy (non-hydrogen) atoms. The smallest absolute Gasteiger partial charge is 0.271 e. The molecule has 1 heterocycles. The summed E-state index contributed by atoms with van der Waals surface area (Å²) in [5, 5.41) is 11.2. The van der Waals surface area contributed by atoms with E-state index >= 15 is 0 Å². The number of anilines is 1. The first kappa shape index (κ1) is 12.2. The van der Waals surface area contributed by atoms with Crippen LogP contribution in [0.5, 0.6) is 0 Å². The summed E-state index contributed by atoms with van der Waals surface area (Å²) in [5.74, 6) is 0. The number of piperidine rings is 1. The lowest BCUT2D eigenvalue weighted by molar-refractivity contribution is -0.384. The molecule has 0 radical (unpaired) electrons. The zero-order valence-corrected chi connectivity index (χ0v) is 10.5. The van der Waals surface area contributed by atoms with Crippen molar-refractivity contribution in [2.24, 2.45) is 0 Å². The second-order valence-electron chi connectivity index (χ2n) is 4.40. The van der Waals surface area contributed by atoms with Crippen LogP contribution < -0.4 is 4.90 Å². The van der Waals surface area contributed by atoms with E-state index in [2.05, 4.69) is 4.90 Å². The van der Waals surface area contributed by atoms with Crippen molar-refractivity contribution in [1.82, 2.24) is 0 Å². The molecule has 0 N–H and O–H groups in total. The van der Waals surface area contributed by atoms with Crippen molar-refractivity contribution in [3.63, 3.8) is 0 Å². The van der Waals surface area contributed by atoms with Crippen LogP contribution >= 0.6 is 11.6 Å². The molecule has 0 atom stereocenters. The quantitative estimate of drug-likeness (QED) is 0.599. The van der Waals surface area contributed by atoms with Gasteiger partial charge in [0.15, 0.2) is 0 Å². The average molecular weight is 255 g/mol. The van der Waals surface area contributed by atoms with Crippen LogP contribution in [-0.4, -0.2) is 18.0 Å². The summed E-state index contributed by atoms with van der Waals surface area (Å²) in [7, 11) is 0. The van der Waals surface area contributed by atoms with E-state index in [0.29, 0.717) is 5.02 Å². The van der Waals surface area contributed by atoms with E-state index in [9.17, 15) is 10.1 Å². The van der Waals surface area contributed by atoms with Crippen molar-refractivity contribution < 1.29 is 4.92 Å². The molecule has 0 bridgehead atoms. The normalized spacial score (nSPS) is 16.0. The van der Waals surface area contributed by atoms with Gasteiger partial charge in [-0.3, -0.25) is 10.1 Å². The predicted molar refractivity (Wildman–Crippen MR) is 68.9 cm³/mol. The Kier molecular flexibility index (Phi) is 3.52. The summed E-state index contributed by atoms with van der Waals surface area (Å²) in [4.78, 5) is 12.5. The van der Waals surface area contributed by atoms with E-state index in [0.717, 1.165) is 37.2 Å². The first-order valence-electron chi connectivity index (χ1n) is 5.79. The van der Waals surface area contributed by atoms with E-state index in [-0.39, 0.29) is 5.69 Å². The molecule has 0 aromatic heterocycles. The zero-order chi connectivity index (χ0) is 12.4. The van der Waals surface area contributed by atoms with Crippen LogP contribution in [0.2, 0.25) is 5.02 Å². The van der Waals surface area contributed by atoms with Gasteiger partial charge in [0.1, 0.15) is 0 Å². The first-order valence-corrected chi connectivity index (χ1v) is 6.17. The van der Waals surface area contributed by atoms with Crippen LogP contribution in [0.25, 0.3) is 0 Å². The minimum absolute atomic E-state index is 0.0632. The molecule has 1 fully saturated rings. The second kappa shape index (κ2) is 4.92. The lowest BCUT2D eigenvalue weighted by Crippen LogP contribution is -2.30. The minimum atomic E-state index is -0.404. The third-order valence-corrected chi connectivity index (χ3v) is 3.41. The molecule has 0 amide bonds. The van der Waals surface area contributed by atoms with Gasteiger partial charge < -0.3 is 4.90 Å². The average Bonchev–Trinajstić information content (AvgIpc) is 2.29. The van der Waals surface area contributed by atoms with Gasteiger partial charge in [0, 0.05) is 25.2 Å². The molecular weight excluding hydrogens is 240 g/mol. The molecule has 0 spiro atoms. The minimum Gasteiger partial charge on any atom is -0.370 e. The van der Waals surface area contributed by atoms with Gasteiger partial charge in [0.05, 0.1) is 15.6 Å². The number of aryl methyl sites for hydroxylation is 1. The maximum atomic E-state index is 10.7. The van der Waals surface area contributed by atoms with E-state index in [1.54, 1.807) is 6.07 Å². The highest BCUT2D eigenvalue weighted by atomic mass is 35.5. The van der Waals surface area contributed by atoms with Gasteiger partial charge in [0.2, 0.25) is 0 Å². The molecule has 0 unspecified atom stereocenters. The van der Waals surface area contributed by atoms with Gasteiger partial charge in [-0.05, 0) is 31.7 Å². The summed E-state index contributed by atoms with van der Waals surface area (Å²) >= 11 is 6.17. The first-order chi connectivity index (χ1) is 8.09. The highest BCUT2D eigenvalue weighted by Crippen LogP contribution is 2.35. The van der Waals surface area contributed by atoms with E-state index in [1.807, 2.05) is 6.92 Å². The lowest BCUT2D eigenvalue weighted by atomic mass is 10.1. The maximum Gasteiger partial charge on any atom is 0.271 e. The summed E-state index contributed by atoms with van der Waals surface area (Å²) in [6, 6.07) is 3.04. The third kappa shape index (κ3) is 2.52. The van der Waals surface area contributed by atoms with Crippen LogP contribution in [0.15, 0.2) is 12.1 Å². The molecule has 1 aliphatic heterocycles. The molecule has 1 aromatic rings. The Morgan fingerprint density at radius 2 is 1.94 bits per heavy atom. The fraction of sp³-hybridized carbons (Fsp3) is 0.500. The largest absolute Gasteiger partial charge is 0.370 e. The molecule has 1 aromatic carbocycles. The number of benzene rings is 1. The molecule has 1 saturated heterocycles. The van der Waals surface area contributed by atoms with Gasteiger partial charge in [-0.2, -0.15) is 0 Å². The monoisotopic (exact) mass is 254 g/mol. The van der Waals surface area contributed by atoms with Crippen molar-refractivity contribution in [2.75, 3.05) is 18.0 Å². The van der Waals surface area contributed by atoms with E-state index < -0.39 is 4.92 Å². The summed E-state index contributed by atoms with van der Waals surface area (Å²) in [6.45, 7) is 3.85. The number of hydrogen-bond donors (Lipinski definition) is 0. The standard InChI is InChI=1S/C12H15ClN2O2/c1-9-7-10(15(16)17)8-11(13)12(9)14-5-3-2-4-6-14/h7-8H,2-6H2,1H3. The Bertz CT molecular complexity index is 419. The zero-order valence-electron chi connectivity index (χ0n) is 9.78. The molecule has 5 heteroatoms. The molecule has 4 nitrogen and oxygen atoms in total. The van der Waals surface area contributed by atoms with Gasteiger partial charge in [-0.15, -0.1) is 0 Å². The fourth-order valence-corrected chi connectivity index (χ4v) is 2.72. The van der Waals surface area contributed by atoms with Crippen LogP contribution in [0.3, 0.4) is 0 Å². The summed E-state index contributed by atoms with van der Waals surface area (Å²) in [5.41, 5.74) is 1.90. The van der Waals surface area contributed by atoms with Crippen molar-refractivity contribution in [3.8, 4) is 0 Å². The summed E-state index contributed by atoms with van der Waals surface area (Å²) < 4.78 is 0. The van der Waals surface area contributed by atoms with Crippen LogP contribution in [-0.2, 0) is 0 Å². The maximum absolute atomic E-state index is 10.7. The molecular formula is C12H15ClN2O2. The molecule has 92 valence electrons. The number of rotatable bonds is 2. The van der Waals surface area contributed by atoms with Gasteiger partial charge in [-0.25, -0.2) is 0 Å². The van der Waals surface area contributed by atoms with Gasteiger partial charge in [0.25, 0.3) is 5.69 Å². The van der Waals surface area contributed by atoms with Gasteiger partial charge >= 0.3 is 0 Å². The third-order valence-electron chi connectivity index (χ3n) is 3.12. The molecule has 0 saturated carbocycles. The number of nitrogens with zero attached hydrogens (tertiary/aromatic N) is 2. The van der Waals surface area contributed by atoms with Crippen molar-refractivity contribution in [2.45, 2.75) is 26.2 Å². The SMILES string of the molecule is Cc1cc([N+](=O)[O-])cc(Cl)c1N1CCCCC1. The molecule has 2 rings (SSSR count). The van der Waals surface area contributed by atoms with Crippen LogP contribution in [0, 0.1) is 17.0 Å². The lowest BCUT2D eigenvalue weighted by Gasteiger charge is -2.30. The van der Waals surface area contributed by atoms with Crippen molar-refractivity contribution >= 4 is 23.0 Å². The molecule has 0 aliphatic carbocycles. The van der Waals surface area contributed by atoms with Crippen LogP contribution in [0.1, 0.15) is 24.8 Å². The highest BCUT2D eigenvalue weighted by molar-refractivity contribution is 6.33. The topological polar surface area (TPSA) is 46.4 Å².